The average molecular weight is 200 g/mol. The van der Waals surface area contributed by atoms with Gasteiger partial charge in [-0.25, -0.2) is 0 Å². The van der Waals surface area contributed by atoms with Crippen molar-refractivity contribution in [3.05, 3.63) is 28.3 Å². The first-order valence-corrected chi connectivity index (χ1v) is 4.16. The smallest absolute Gasteiger partial charge is 0.176 e. The minimum Gasteiger partial charge on any atom is -0.508 e. The molecule has 1 aromatic carbocycles. The number of hydrogen-bond donors (Lipinski definition) is 2. The van der Waals surface area contributed by atoms with Gasteiger partial charge in [-0.15, -0.1) is 0 Å². The molecule has 0 aliphatic heterocycles. The number of Topliss-reactive ketones (excluding diaryl/α,β-unsaturated/α-hetero) is 1. The molecule has 0 radical (unpaired) electrons. The van der Waals surface area contributed by atoms with Crippen molar-refractivity contribution in [2.24, 2.45) is 5.73 Å². The van der Waals surface area contributed by atoms with E-state index in [1.165, 1.54) is 12.1 Å². The van der Waals surface area contributed by atoms with Crippen molar-refractivity contribution < 1.29 is 9.90 Å². The summed E-state index contributed by atoms with van der Waals surface area (Å²) >= 11 is 5.77. The first-order valence-electron chi connectivity index (χ1n) is 3.78. The van der Waals surface area contributed by atoms with E-state index in [1.54, 1.807) is 6.92 Å². The number of nitrogens with two attached hydrogens (primary N) is 1. The molecule has 0 aromatic heterocycles. The summed E-state index contributed by atoms with van der Waals surface area (Å²) in [4.78, 5) is 11.1. The molecule has 0 saturated carbocycles. The molecule has 70 valence electrons. The molecule has 0 amide bonds. The van der Waals surface area contributed by atoms with Gasteiger partial charge >= 0.3 is 0 Å². The van der Waals surface area contributed by atoms with E-state index in [4.69, 9.17) is 17.3 Å². The molecule has 4 heteroatoms. The van der Waals surface area contributed by atoms with Crippen molar-refractivity contribution in [2.45, 2.75) is 6.92 Å². The Morgan fingerprint density at radius 2 is 2.23 bits per heavy atom. The number of phenols is 1. The van der Waals surface area contributed by atoms with E-state index in [2.05, 4.69) is 0 Å². The molecule has 1 rings (SSSR count). The van der Waals surface area contributed by atoms with E-state index in [0.717, 1.165) is 0 Å². The van der Waals surface area contributed by atoms with Crippen molar-refractivity contribution in [2.75, 3.05) is 6.54 Å². The Morgan fingerprint density at radius 1 is 1.62 bits per heavy atom. The number of aromatic hydroxyl groups is 1. The van der Waals surface area contributed by atoms with Gasteiger partial charge in [-0.2, -0.15) is 0 Å². The Balaban J connectivity index is 3.20. The summed E-state index contributed by atoms with van der Waals surface area (Å²) in [5.41, 5.74) is 6.08. The summed E-state index contributed by atoms with van der Waals surface area (Å²) in [5, 5.41) is 9.72. The average Bonchev–Trinajstić information content (AvgIpc) is 2.12. The second-order valence-electron chi connectivity index (χ2n) is 2.73. The van der Waals surface area contributed by atoms with Gasteiger partial charge in [0.05, 0.1) is 6.54 Å². The highest BCUT2D eigenvalue weighted by atomic mass is 35.5. The lowest BCUT2D eigenvalue weighted by molar-refractivity contribution is 0.100. The first kappa shape index (κ1) is 10.0. The monoisotopic (exact) mass is 199 g/mol. The van der Waals surface area contributed by atoms with Crippen molar-refractivity contribution in [3.63, 3.8) is 0 Å². The zero-order chi connectivity index (χ0) is 10.0. The van der Waals surface area contributed by atoms with Gasteiger partial charge in [0.25, 0.3) is 0 Å². The molecular weight excluding hydrogens is 190 g/mol. The number of hydrogen-bond acceptors (Lipinski definition) is 3. The van der Waals surface area contributed by atoms with Crippen LogP contribution in [-0.2, 0) is 0 Å². The molecular formula is C9H10ClNO2. The number of rotatable bonds is 2. The number of ketones is 1. The standard InChI is InChI=1S/C9H10ClNO2/c1-5-7(10)2-6(3-8(5)12)9(13)4-11/h2-3,12H,4,11H2,1H3. The number of benzene rings is 1. The van der Waals surface area contributed by atoms with Crippen LogP contribution in [0.25, 0.3) is 0 Å². The van der Waals surface area contributed by atoms with E-state index in [1.807, 2.05) is 0 Å². The summed E-state index contributed by atoms with van der Waals surface area (Å²) in [7, 11) is 0. The Bertz CT molecular complexity index is 326. The van der Waals surface area contributed by atoms with Crippen molar-refractivity contribution in [3.8, 4) is 5.75 Å². The van der Waals surface area contributed by atoms with Crippen LogP contribution in [0.1, 0.15) is 15.9 Å². The van der Waals surface area contributed by atoms with Crippen LogP contribution in [-0.4, -0.2) is 17.4 Å². The number of phenolic OH excluding ortho intramolecular Hbond substituents is 1. The normalized spacial score (nSPS) is 10.1. The van der Waals surface area contributed by atoms with Gasteiger partial charge in [-0.3, -0.25) is 4.79 Å². The number of carbonyl (C=O) groups excluding carboxylic acids is 1. The Kier molecular flexibility index (Phi) is 2.90. The molecule has 0 unspecified atom stereocenters. The lowest BCUT2D eigenvalue weighted by Crippen LogP contribution is -2.13. The molecule has 0 saturated heterocycles. The highest BCUT2D eigenvalue weighted by molar-refractivity contribution is 6.32. The van der Waals surface area contributed by atoms with E-state index in [0.29, 0.717) is 16.1 Å². The molecule has 0 bridgehead atoms. The first-order chi connectivity index (χ1) is 6.06. The Labute approximate surface area is 81.1 Å². The fraction of sp³-hybridized carbons (Fsp3) is 0.222. The molecule has 0 aliphatic rings. The maximum atomic E-state index is 11.1. The van der Waals surface area contributed by atoms with Gasteiger partial charge in [0.1, 0.15) is 5.75 Å². The maximum Gasteiger partial charge on any atom is 0.176 e. The summed E-state index contributed by atoms with van der Waals surface area (Å²) in [6.07, 6.45) is 0. The Morgan fingerprint density at radius 3 is 2.69 bits per heavy atom. The van der Waals surface area contributed by atoms with E-state index in [-0.39, 0.29) is 18.1 Å². The molecule has 0 fully saturated rings. The topological polar surface area (TPSA) is 63.3 Å². The quantitative estimate of drug-likeness (QED) is 0.710. The second-order valence-corrected chi connectivity index (χ2v) is 3.14. The predicted octanol–water partition coefficient (Wildman–Crippen LogP) is 1.50. The number of halogens is 1. The third kappa shape index (κ3) is 1.99. The fourth-order valence-corrected chi connectivity index (χ4v) is 1.16. The van der Waals surface area contributed by atoms with Crippen LogP contribution in [0.2, 0.25) is 5.02 Å². The van der Waals surface area contributed by atoms with Crippen molar-refractivity contribution in [1.82, 2.24) is 0 Å². The summed E-state index contributed by atoms with van der Waals surface area (Å²) in [6, 6.07) is 2.88. The SMILES string of the molecule is Cc1c(O)cc(C(=O)CN)cc1Cl. The van der Waals surface area contributed by atoms with Crippen LogP contribution in [0.15, 0.2) is 12.1 Å². The third-order valence-electron chi connectivity index (χ3n) is 1.82. The van der Waals surface area contributed by atoms with Crippen LogP contribution in [0, 0.1) is 6.92 Å². The fourth-order valence-electron chi connectivity index (χ4n) is 0.943. The molecule has 1 aromatic rings. The van der Waals surface area contributed by atoms with Crippen molar-refractivity contribution >= 4 is 17.4 Å². The zero-order valence-corrected chi connectivity index (χ0v) is 7.93. The number of carbonyl (C=O) groups is 1. The minimum absolute atomic E-state index is 0.0179. The van der Waals surface area contributed by atoms with Gasteiger partial charge in [0.15, 0.2) is 5.78 Å². The van der Waals surface area contributed by atoms with Crippen molar-refractivity contribution in [1.29, 1.82) is 0 Å². The molecule has 3 nitrogen and oxygen atoms in total. The molecule has 0 atom stereocenters. The summed E-state index contributed by atoms with van der Waals surface area (Å²) in [5.74, 6) is -0.221. The van der Waals surface area contributed by atoms with Gasteiger partial charge in [0, 0.05) is 16.1 Å². The highest BCUT2D eigenvalue weighted by Gasteiger charge is 2.09. The van der Waals surface area contributed by atoms with Crippen LogP contribution in [0.3, 0.4) is 0 Å². The third-order valence-corrected chi connectivity index (χ3v) is 2.22. The van der Waals surface area contributed by atoms with Gasteiger partial charge in [0.2, 0.25) is 0 Å². The van der Waals surface area contributed by atoms with Gasteiger partial charge < -0.3 is 10.8 Å². The zero-order valence-electron chi connectivity index (χ0n) is 7.17. The summed E-state index contributed by atoms with van der Waals surface area (Å²) < 4.78 is 0. The van der Waals surface area contributed by atoms with Crippen LogP contribution in [0.5, 0.6) is 5.75 Å². The summed E-state index contributed by atoms with van der Waals surface area (Å²) in [6.45, 7) is 1.59. The molecule has 3 N–H and O–H groups in total. The van der Waals surface area contributed by atoms with E-state index < -0.39 is 0 Å². The molecule has 0 heterocycles. The maximum absolute atomic E-state index is 11.1. The van der Waals surface area contributed by atoms with Gasteiger partial charge in [-0.1, -0.05) is 11.6 Å². The minimum atomic E-state index is -0.239. The molecule has 0 spiro atoms. The van der Waals surface area contributed by atoms with Crippen LogP contribution >= 0.6 is 11.6 Å². The van der Waals surface area contributed by atoms with Crippen LogP contribution in [0.4, 0.5) is 0 Å². The van der Waals surface area contributed by atoms with E-state index >= 15 is 0 Å². The lowest BCUT2D eigenvalue weighted by atomic mass is 10.1. The second kappa shape index (κ2) is 3.77. The van der Waals surface area contributed by atoms with E-state index in [9.17, 15) is 9.90 Å². The van der Waals surface area contributed by atoms with Crippen LogP contribution < -0.4 is 5.73 Å². The highest BCUT2D eigenvalue weighted by Crippen LogP contribution is 2.26. The molecule has 0 aliphatic carbocycles. The molecule has 13 heavy (non-hydrogen) atoms. The lowest BCUT2D eigenvalue weighted by Gasteiger charge is -2.04. The predicted molar refractivity (Wildman–Crippen MR) is 51.2 cm³/mol. The Hall–Kier alpha value is -1.06. The largest absolute Gasteiger partial charge is 0.508 e. The van der Waals surface area contributed by atoms with Gasteiger partial charge in [-0.05, 0) is 19.1 Å².